The zero-order chi connectivity index (χ0) is 9.84. The van der Waals surface area contributed by atoms with Crippen molar-refractivity contribution in [1.82, 2.24) is 0 Å². The molecule has 1 amide bonds. The summed E-state index contributed by atoms with van der Waals surface area (Å²) in [5, 5.41) is 0. The molecule has 1 aromatic rings. The number of hydrogen-bond donors (Lipinski definition) is 1. The average molecular weight is 289 g/mol. The van der Waals surface area contributed by atoms with Crippen molar-refractivity contribution >= 4 is 28.5 Å². The number of rotatable bonds is 3. The molecule has 1 atom stereocenters. The maximum absolute atomic E-state index is 10.8. The van der Waals surface area contributed by atoms with E-state index >= 15 is 0 Å². The van der Waals surface area contributed by atoms with Crippen molar-refractivity contribution in [3.8, 4) is 0 Å². The molecule has 1 aromatic carbocycles. The number of primary amides is 1. The summed E-state index contributed by atoms with van der Waals surface area (Å²) in [4.78, 5) is 10.8. The molecule has 2 N–H and O–H groups in total. The molecule has 0 aromatic heterocycles. The van der Waals surface area contributed by atoms with E-state index in [2.05, 4.69) is 22.6 Å². The molecule has 0 fully saturated rings. The second kappa shape index (κ2) is 4.60. The molecular weight excluding hydrogens is 277 g/mol. The number of carbonyl (C=O) groups is 1. The monoisotopic (exact) mass is 289 g/mol. The summed E-state index contributed by atoms with van der Waals surface area (Å²) in [7, 11) is 0. The molecule has 0 saturated heterocycles. The molecule has 0 heterocycles. The summed E-state index contributed by atoms with van der Waals surface area (Å²) in [6, 6.07) is 8.12. The SMILES string of the molecule is CC(Cc1ccc(I)cc1)C(N)=O. The summed E-state index contributed by atoms with van der Waals surface area (Å²) in [5.74, 6) is -0.321. The fraction of sp³-hybridized carbons (Fsp3) is 0.300. The van der Waals surface area contributed by atoms with E-state index in [-0.39, 0.29) is 11.8 Å². The van der Waals surface area contributed by atoms with Gasteiger partial charge in [0.15, 0.2) is 0 Å². The van der Waals surface area contributed by atoms with Crippen LogP contribution in [0.4, 0.5) is 0 Å². The molecule has 0 aliphatic heterocycles. The van der Waals surface area contributed by atoms with Crippen LogP contribution in [-0.2, 0) is 11.2 Å². The molecule has 0 aliphatic rings. The van der Waals surface area contributed by atoms with Gasteiger partial charge < -0.3 is 5.73 Å². The molecule has 0 radical (unpaired) electrons. The topological polar surface area (TPSA) is 43.1 Å². The lowest BCUT2D eigenvalue weighted by Crippen LogP contribution is -2.22. The Morgan fingerprint density at radius 1 is 1.46 bits per heavy atom. The van der Waals surface area contributed by atoms with E-state index in [0.717, 1.165) is 12.0 Å². The van der Waals surface area contributed by atoms with E-state index in [9.17, 15) is 4.79 Å². The standard InChI is InChI=1S/C10H12INO/c1-7(10(12)13)6-8-2-4-9(11)5-3-8/h2-5,7H,6H2,1H3,(H2,12,13). The number of halogens is 1. The zero-order valence-electron chi connectivity index (χ0n) is 7.46. The highest BCUT2D eigenvalue weighted by molar-refractivity contribution is 14.1. The van der Waals surface area contributed by atoms with Crippen LogP contribution in [0.3, 0.4) is 0 Å². The van der Waals surface area contributed by atoms with Crippen molar-refractivity contribution in [3.05, 3.63) is 33.4 Å². The van der Waals surface area contributed by atoms with E-state index in [4.69, 9.17) is 5.73 Å². The third-order valence-corrected chi connectivity index (χ3v) is 2.66. The highest BCUT2D eigenvalue weighted by atomic mass is 127. The number of hydrogen-bond acceptors (Lipinski definition) is 1. The fourth-order valence-corrected chi connectivity index (χ4v) is 1.43. The molecule has 0 spiro atoms. The van der Waals surface area contributed by atoms with E-state index in [1.54, 1.807) is 0 Å². The second-order valence-electron chi connectivity index (χ2n) is 3.13. The van der Waals surface area contributed by atoms with Crippen LogP contribution in [0.2, 0.25) is 0 Å². The third kappa shape index (κ3) is 3.34. The number of amides is 1. The predicted molar refractivity (Wildman–Crippen MR) is 61.2 cm³/mol. The van der Waals surface area contributed by atoms with E-state index in [1.165, 1.54) is 3.57 Å². The van der Waals surface area contributed by atoms with Crippen LogP contribution in [0.1, 0.15) is 12.5 Å². The Balaban J connectivity index is 2.64. The number of nitrogens with two attached hydrogens (primary N) is 1. The van der Waals surface area contributed by atoms with Gasteiger partial charge in [-0.05, 0) is 46.7 Å². The summed E-state index contributed by atoms with van der Waals surface area (Å²) < 4.78 is 1.20. The molecule has 2 nitrogen and oxygen atoms in total. The van der Waals surface area contributed by atoms with Gasteiger partial charge in [0.1, 0.15) is 0 Å². The zero-order valence-corrected chi connectivity index (χ0v) is 9.61. The van der Waals surface area contributed by atoms with Gasteiger partial charge in [0.25, 0.3) is 0 Å². The van der Waals surface area contributed by atoms with E-state index < -0.39 is 0 Å². The van der Waals surface area contributed by atoms with Gasteiger partial charge in [0, 0.05) is 9.49 Å². The molecule has 0 saturated carbocycles. The number of carbonyl (C=O) groups excluding carboxylic acids is 1. The number of benzene rings is 1. The highest BCUT2D eigenvalue weighted by Crippen LogP contribution is 2.11. The first kappa shape index (κ1) is 10.5. The average Bonchev–Trinajstić information content (AvgIpc) is 2.08. The van der Waals surface area contributed by atoms with Crippen LogP contribution < -0.4 is 5.73 Å². The van der Waals surface area contributed by atoms with Crippen molar-refractivity contribution in [2.75, 3.05) is 0 Å². The Morgan fingerprint density at radius 2 is 2.00 bits per heavy atom. The minimum absolute atomic E-state index is 0.0833. The minimum atomic E-state index is -0.237. The summed E-state index contributed by atoms with van der Waals surface area (Å²) in [5.41, 5.74) is 6.33. The first-order chi connectivity index (χ1) is 6.09. The molecule has 0 bridgehead atoms. The maximum Gasteiger partial charge on any atom is 0.220 e. The van der Waals surface area contributed by atoms with E-state index in [1.807, 2.05) is 31.2 Å². The molecular formula is C10H12INO. The van der Waals surface area contributed by atoms with Gasteiger partial charge in [0.2, 0.25) is 5.91 Å². The third-order valence-electron chi connectivity index (χ3n) is 1.94. The molecule has 1 rings (SSSR count). The lowest BCUT2D eigenvalue weighted by molar-refractivity contribution is -0.121. The second-order valence-corrected chi connectivity index (χ2v) is 4.38. The van der Waals surface area contributed by atoms with Gasteiger partial charge in [-0.2, -0.15) is 0 Å². The van der Waals surface area contributed by atoms with Crippen molar-refractivity contribution in [2.45, 2.75) is 13.3 Å². The van der Waals surface area contributed by atoms with Gasteiger partial charge in [0.05, 0.1) is 0 Å². The highest BCUT2D eigenvalue weighted by Gasteiger charge is 2.08. The lowest BCUT2D eigenvalue weighted by atomic mass is 10.0. The fourth-order valence-electron chi connectivity index (χ4n) is 1.07. The Kier molecular flexibility index (Phi) is 3.71. The molecule has 13 heavy (non-hydrogen) atoms. The first-order valence-corrected chi connectivity index (χ1v) is 5.21. The van der Waals surface area contributed by atoms with Gasteiger partial charge >= 0.3 is 0 Å². The van der Waals surface area contributed by atoms with Crippen molar-refractivity contribution in [3.63, 3.8) is 0 Å². The van der Waals surface area contributed by atoms with Crippen LogP contribution in [0.15, 0.2) is 24.3 Å². The summed E-state index contributed by atoms with van der Waals surface area (Å²) in [6.45, 7) is 1.85. The Labute approximate surface area is 91.7 Å². The lowest BCUT2D eigenvalue weighted by Gasteiger charge is -2.06. The van der Waals surface area contributed by atoms with Gasteiger partial charge in [-0.15, -0.1) is 0 Å². The largest absolute Gasteiger partial charge is 0.369 e. The molecule has 1 unspecified atom stereocenters. The molecule has 0 aliphatic carbocycles. The van der Waals surface area contributed by atoms with Crippen molar-refractivity contribution in [1.29, 1.82) is 0 Å². The van der Waals surface area contributed by atoms with Crippen molar-refractivity contribution < 1.29 is 4.79 Å². The summed E-state index contributed by atoms with van der Waals surface area (Å²) >= 11 is 2.25. The summed E-state index contributed by atoms with van der Waals surface area (Å²) in [6.07, 6.45) is 0.728. The molecule has 70 valence electrons. The molecule has 3 heteroatoms. The van der Waals surface area contributed by atoms with Gasteiger partial charge in [-0.25, -0.2) is 0 Å². The van der Waals surface area contributed by atoms with Crippen LogP contribution >= 0.6 is 22.6 Å². The van der Waals surface area contributed by atoms with Gasteiger partial charge in [-0.3, -0.25) is 4.79 Å². The minimum Gasteiger partial charge on any atom is -0.369 e. The predicted octanol–water partition coefficient (Wildman–Crippen LogP) is 1.96. The van der Waals surface area contributed by atoms with Crippen LogP contribution in [0.5, 0.6) is 0 Å². The van der Waals surface area contributed by atoms with E-state index in [0.29, 0.717) is 0 Å². The Morgan fingerprint density at radius 3 is 2.46 bits per heavy atom. The Hall–Kier alpha value is -0.580. The van der Waals surface area contributed by atoms with Crippen molar-refractivity contribution in [2.24, 2.45) is 11.7 Å². The van der Waals surface area contributed by atoms with Crippen LogP contribution in [-0.4, -0.2) is 5.91 Å². The van der Waals surface area contributed by atoms with Gasteiger partial charge in [-0.1, -0.05) is 19.1 Å². The quantitative estimate of drug-likeness (QED) is 0.849. The van der Waals surface area contributed by atoms with Crippen LogP contribution in [0.25, 0.3) is 0 Å². The van der Waals surface area contributed by atoms with Crippen LogP contribution in [0, 0.1) is 9.49 Å². The first-order valence-electron chi connectivity index (χ1n) is 4.13. The smallest absolute Gasteiger partial charge is 0.220 e. The Bertz CT molecular complexity index is 294. The normalized spacial score (nSPS) is 12.5. The maximum atomic E-state index is 10.8.